The van der Waals surface area contributed by atoms with E-state index >= 15 is 0 Å². The van der Waals surface area contributed by atoms with Crippen molar-refractivity contribution in [1.82, 2.24) is 0 Å². The Morgan fingerprint density at radius 1 is 1.29 bits per heavy atom. The van der Waals surface area contributed by atoms with Crippen LogP contribution in [0, 0.1) is 12.3 Å². The quantitative estimate of drug-likeness (QED) is 0.752. The van der Waals surface area contributed by atoms with Crippen LogP contribution in [0.25, 0.3) is 0 Å². The van der Waals surface area contributed by atoms with Crippen LogP contribution in [0.4, 0.5) is 0 Å². The summed E-state index contributed by atoms with van der Waals surface area (Å²) in [5.74, 6) is -0.293. The zero-order valence-corrected chi connectivity index (χ0v) is 10.7. The number of cyclic esters (lactones) is 1. The van der Waals surface area contributed by atoms with Crippen LogP contribution >= 0.6 is 0 Å². The molecule has 0 radical (unpaired) electrons. The Hall–Kier alpha value is -1.16. The van der Waals surface area contributed by atoms with Gasteiger partial charge in [-0.3, -0.25) is 9.00 Å². The van der Waals surface area contributed by atoms with E-state index < -0.39 is 15.5 Å². The smallest absolute Gasteiger partial charge is 0.326 e. The molecule has 3 atom stereocenters. The van der Waals surface area contributed by atoms with E-state index in [9.17, 15) is 9.00 Å². The van der Waals surface area contributed by atoms with Crippen LogP contribution in [0.2, 0.25) is 0 Å². The summed E-state index contributed by atoms with van der Waals surface area (Å²) in [5, 5.41) is 0. The molecule has 4 heteroatoms. The van der Waals surface area contributed by atoms with Crippen molar-refractivity contribution in [3.8, 4) is 0 Å². The lowest BCUT2D eigenvalue weighted by atomic mass is 10.1. The third kappa shape index (κ3) is 1.27. The normalized spacial score (nSPS) is 36.2. The topological polar surface area (TPSA) is 43.4 Å². The van der Waals surface area contributed by atoms with E-state index in [4.69, 9.17) is 4.74 Å². The molecule has 1 heterocycles. The molecule has 1 aromatic rings. The van der Waals surface area contributed by atoms with E-state index in [1.807, 2.05) is 38.1 Å². The molecule has 1 saturated heterocycles. The second kappa shape index (κ2) is 3.19. The van der Waals surface area contributed by atoms with Crippen LogP contribution in [0.1, 0.15) is 18.9 Å². The van der Waals surface area contributed by atoms with Gasteiger partial charge in [-0.25, -0.2) is 0 Å². The van der Waals surface area contributed by atoms with Gasteiger partial charge in [0.25, 0.3) is 0 Å². The van der Waals surface area contributed by atoms with Crippen LogP contribution < -0.4 is 0 Å². The van der Waals surface area contributed by atoms with Crippen molar-refractivity contribution in [2.45, 2.75) is 29.9 Å². The van der Waals surface area contributed by atoms with Crippen molar-refractivity contribution in [1.29, 1.82) is 0 Å². The Morgan fingerprint density at radius 2 is 1.94 bits per heavy atom. The molecule has 2 aliphatic rings. The molecule has 0 N–H and O–H groups in total. The monoisotopic (exact) mass is 250 g/mol. The minimum absolute atomic E-state index is 0.222. The summed E-state index contributed by atoms with van der Waals surface area (Å²) in [6, 6.07) is 7.52. The van der Waals surface area contributed by atoms with Gasteiger partial charge in [-0.1, -0.05) is 24.6 Å². The van der Waals surface area contributed by atoms with Crippen molar-refractivity contribution in [3.63, 3.8) is 0 Å². The van der Waals surface area contributed by atoms with Crippen molar-refractivity contribution in [2.75, 3.05) is 6.61 Å². The van der Waals surface area contributed by atoms with Gasteiger partial charge in [0, 0.05) is 10.3 Å². The Morgan fingerprint density at radius 3 is 2.41 bits per heavy atom. The second-order valence-corrected chi connectivity index (χ2v) is 6.93. The van der Waals surface area contributed by atoms with E-state index in [1.54, 1.807) is 0 Å². The number of rotatable bonds is 2. The zero-order valence-electron chi connectivity index (χ0n) is 9.86. The van der Waals surface area contributed by atoms with Crippen LogP contribution in [0.5, 0.6) is 0 Å². The number of ether oxygens (including phenoxy) is 1. The highest BCUT2D eigenvalue weighted by atomic mass is 32.2. The lowest BCUT2D eigenvalue weighted by molar-refractivity contribution is -0.140. The minimum Gasteiger partial charge on any atom is -0.464 e. The highest BCUT2D eigenvalue weighted by Gasteiger charge is 2.78. The molecule has 17 heavy (non-hydrogen) atoms. The molecule has 0 bridgehead atoms. The summed E-state index contributed by atoms with van der Waals surface area (Å²) < 4.78 is 16.8. The summed E-state index contributed by atoms with van der Waals surface area (Å²) in [6.07, 6.45) is 0.680. The lowest BCUT2D eigenvalue weighted by Crippen LogP contribution is -2.29. The first-order valence-electron chi connectivity index (χ1n) is 5.65. The zero-order chi connectivity index (χ0) is 12.3. The maximum atomic E-state index is 12.5. The lowest BCUT2D eigenvalue weighted by Gasteiger charge is -2.10. The summed E-state index contributed by atoms with van der Waals surface area (Å²) in [6.45, 7) is 4.36. The van der Waals surface area contributed by atoms with Crippen molar-refractivity contribution in [2.24, 2.45) is 5.41 Å². The number of aryl methyl sites for hydroxylation is 1. The molecule has 1 aliphatic heterocycles. The second-order valence-electron chi connectivity index (χ2n) is 5.22. The van der Waals surface area contributed by atoms with Gasteiger partial charge in [-0.15, -0.1) is 0 Å². The minimum atomic E-state index is -1.30. The van der Waals surface area contributed by atoms with E-state index in [-0.39, 0.29) is 11.4 Å². The van der Waals surface area contributed by atoms with Crippen molar-refractivity contribution >= 4 is 16.8 Å². The number of hydrogen-bond acceptors (Lipinski definition) is 3. The van der Waals surface area contributed by atoms with Gasteiger partial charge >= 0.3 is 5.97 Å². The largest absolute Gasteiger partial charge is 0.464 e. The molecule has 0 spiro atoms. The first-order chi connectivity index (χ1) is 7.99. The first-order valence-corrected chi connectivity index (χ1v) is 6.80. The standard InChI is InChI=1S/C13H14O3S/c1-9-3-5-10(6-4-9)17(15)13-7-12(13,2)8-16-11(13)14/h3-6H,7-8H2,1-2H3/t12-,13-,17?/m0/s1. The number of carbonyl (C=O) groups excluding carboxylic acids is 1. The molecule has 0 aromatic heterocycles. The van der Waals surface area contributed by atoms with Crippen LogP contribution in [0.3, 0.4) is 0 Å². The number of benzene rings is 1. The van der Waals surface area contributed by atoms with Crippen molar-refractivity contribution < 1.29 is 13.7 Å². The Kier molecular flexibility index (Phi) is 2.06. The number of fused-ring (bicyclic) bond motifs is 1. The van der Waals surface area contributed by atoms with Gasteiger partial charge in [-0.05, 0) is 25.5 Å². The maximum absolute atomic E-state index is 12.5. The summed E-state index contributed by atoms with van der Waals surface area (Å²) in [7, 11) is -1.30. The molecular weight excluding hydrogens is 236 g/mol. The van der Waals surface area contributed by atoms with Crippen LogP contribution in [0.15, 0.2) is 29.2 Å². The molecule has 1 aromatic carbocycles. The average molecular weight is 250 g/mol. The van der Waals surface area contributed by atoms with Gasteiger partial charge < -0.3 is 4.74 Å². The van der Waals surface area contributed by atoms with Gasteiger partial charge in [0.05, 0.1) is 17.4 Å². The van der Waals surface area contributed by atoms with Crippen LogP contribution in [-0.4, -0.2) is 21.5 Å². The summed E-state index contributed by atoms with van der Waals surface area (Å²) in [5.41, 5.74) is 0.899. The predicted octanol–water partition coefficient (Wildman–Crippen LogP) is 1.81. The molecule has 3 nitrogen and oxygen atoms in total. The number of esters is 1. The van der Waals surface area contributed by atoms with Gasteiger partial charge in [0.2, 0.25) is 0 Å². The van der Waals surface area contributed by atoms with Gasteiger partial charge in [-0.2, -0.15) is 0 Å². The maximum Gasteiger partial charge on any atom is 0.326 e. The molecule has 0 amide bonds. The fourth-order valence-corrected chi connectivity index (χ4v) is 4.51. The number of hydrogen-bond donors (Lipinski definition) is 0. The Balaban J connectivity index is 1.99. The third-order valence-corrected chi connectivity index (χ3v) is 6.03. The van der Waals surface area contributed by atoms with E-state index in [2.05, 4.69) is 0 Å². The van der Waals surface area contributed by atoms with E-state index in [0.717, 1.165) is 10.5 Å². The van der Waals surface area contributed by atoms with Crippen LogP contribution in [-0.2, 0) is 20.3 Å². The molecule has 3 rings (SSSR count). The molecule has 2 fully saturated rings. The molecule has 1 unspecified atom stereocenters. The SMILES string of the molecule is Cc1ccc(S(=O)[C@]23C[C@@]2(C)COC3=O)cc1. The molecular formula is C13H14O3S. The molecule has 1 saturated carbocycles. The van der Waals surface area contributed by atoms with E-state index in [1.165, 1.54) is 0 Å². The summed E-state index contributed by atoms with van der Waals surface area (Å²) in [4.78, 5) is 12.5. The van der Waals surface area contributed by atoms with Gasteiger partial charge in [0.1, 0.15) is 0 Å². The third-order valence-electron chi connectivity index (χ3n) is 3.89. The first kappa shape index (κ1) is 11.0. The Labute approximate surface area is 103 Å². The predicted molar refractivity (Wildman–Crippen MR) is 64.0 cm³/mol. The fraction of sp³-hybridized carbons (Fsp3) is 0.462. The highest BCUT2D eigenvalue weighted by molar-refractivity contribution is 7.87. The van der Waals surface area contributed by atoms with Gasteiger partial charge in [0.15, 0.2) is 4.75 Å². The van der Waals surface area contributed by atoms with Crippen molar-refractivity contribution in [3.05, 3.63) is 29.8 Å². The molecule has 90 valence electrons. The highest BCUT2D eigenvalue weighted by Crippen LogP contribution is 2.65. The Bertz CT molecular complexity index is 522. The summed E-state index contributed by atoms with van der Waals surface area (Å²) >= 11 is 0. The molecule has 1 aliphatic carbocycles. The average Bonchev–Trinajstić information content (AvgIpc) is 2.87. The van der Waals surface area contributed by atoms with E-state index in [0.29, 0.717) is 13.0 Å². The fourth-order valence-electron chi connectivity index (χ4n) is 2.56. The number of carbonyl (C=O) groups is 1.